The molecule has 0 aromatic heterocycles. The first kappa shape index (κ1) is 20.8. The molecule has 0 bridgehead atoms. The minimum Gasteiger partial charge on any atom is -0.452 e. The van der Waals surface area contributed by atoms with Crippen molar-refractivity contribution >= 4 is 46.8 Å². The smallest absolute Gasteiger partial charge is 0.418 e. The molecule has 0 fully saturated rings. The number of ether oxygens (including phenoxy) is 1. The van der Waals surface area contributed by atoms with Crippen molar-refractivity contribution in [1.29, 1.82) is 0 Å². The van der Waals surface area contributed by atoms with Gasteiger partial charge in [0.15, 0.2) is 6.61 Å². The second kappa shape index (κ2) is 8.92. The van der Waals surface area contributed by atoms with Gasteiger partial charge in [-0.15, -0.1) is 0 Å². The lowest BCUT2D eigenvalue weighted by Gasteiger charge is -2.15. The molecule has 0 heterocycles. The van der Waals surface area contributed by atoms with Crippen molar-refractivity contribution in [2.75, 3.05) is 11.9 Å². The number of hydrogen-bond acceptors (Lipinski definition) is 3. The lowest BCUT2D eigenvalue weighted by molar-refractivity contribution is -0.142. The SMILES string of the molecule is O=C(COC(=O)C=Cc1ccccc1Cl)Nc1c(Cl)cccc1C(F)(F)F. The van der Waals surface area contributed by atoms with E-state index in [2.05, 4.69) is 0 Å². The summed E-state index contributed by atoms with van der Waals surface area (Å²) in [7, 11) is 0. The van der Waals surface area contributed by atoms with Crippen molar-refractivity contribution in [2.24, 2.45) is 0 Å². The highest BCUT2D eigenvalue weighted by atomic mass is 35.5. The summed E-state index contributed by atoms with van der Waals surface area (Å²) in [5.41, 5.74) is -1.14. The quantitative estimate of drug-likeness (QED) is 0.536. The maximum Gasteiger partial charge on any atom is 0.418 e. The average molecular weight is 418 g/mol. The molecule has 9 heteroatoms. The molecule has 0 atom stereocenters. The number of nitrogens with one attached hydrogen (secondary N) is 1. The molecule has 2 aromatic rings. The number of carbonyl (C=O) groups excluding carboxylic acids is 2. The molecule has 1 amide bonds. The van der Waals surface area contributed by atoms with E-state index in [-0.39, 0.29) is 5.02 Å². The van der Waals surface area contributed by atoms with Crippen molar-refractivity contribution in [3.8, 4) is 0 Å². The van der Waals surface area contributed by atoms with Gasteiger partial charge in [0.05, 0.1) is 16.3 Å². The largest absolute Gasteiger partial charge is 0.452 e. The fraction of sp³-hybridized carbons (Fsp3) is 0.111. The topological polar surface area (TPSA) is 55.4 Å². The molecule has 0 radical (unpaired) electrons. The second-order valence-corrected chi connectivity index (χ2v) is 5.99. The van der Waals surface area contributed by atoms with Crippen LogP contribution in [0.5, 0.6) is 0 Å². The maximum atomic E-state index is 13.0. The zero-order chi connectivity index (χ0) is 20.0. The summed E-state index contributed by atoms with van der Waals surface area (Å²) in [4.78, 5) is 23.5. The molecule has 0 unspecified atom stereocenters. The van der Waals surface area contributed by atoms with Crippen LogP contribution >= 0.6 is 23.2 Å². The normalized spacial score (nSPS) is 11.4. The van der Waals surface area contributed by atoms with Crippen LogP contribution in [0.15, 0.2) is 48.5 Å². The Kier molecular flexibility index (Phi) is 6.87. The van der Waals surface area contributed by atoms with Gasteiger partial charge in [0, 0.05) is 11.1 Å². The molecular formula is C18H12Cl2F3NO3. The summed E-state index contributed by atoms with van der Waals surface area (Å²) in [5.74, 6) is -1.83. The Labute approximate surface area is 162 Å². The van der Waals surface area contributed by atoms with Gasteiger partial charge in [0.25, 0.3) is 5.91 Å². The number of amides is 1. The van der Waals surface area contributed by atoms with Crippen LogP contribution < -0.4 is 5.32 Å². The van der Waals surface area contributed by atoms with E-state index in [1.807, 2.05) is 5.32 Å². The molecule has 0 aliphatic rings. The van der Waals surface area contributed by atoms with Gasteiger partial charge in [0.2, 0.25) is 0 Å². The number of rotatable bonds is 5. The van der Waals surface area contributed by atoms with Crippen LogP contribution in [0, 0.1) is 0 Å². The summed E-state index contributed by atoms with van der Waals surface area (Å²) >= 11 is 11.6. The van der Waals surface area contributed by atoms with Crippen LogP contribution in [-0.4, -0.2) is 18.5 Å². The van der Waals surface area contributed by atoms with Gasteiger partial charge in [0.1, 0.15) is 0 Å². The molecular weight excluding hydrogens is 406 g/mol. The molecule has 142 valence electrons. The third kappa shape index (κ3) is 6.01. The predicted octanol–water partition coefficient (Wildman–Crippen LogP) is 5.21. The summed E-state index contributed by atoms with van der Waals surface area (Å²) < 4.78 is 43.6. The molecule has 1 N–H and O–H groups in total. The molecule has 0 saturated heterocycles. The van der Waals surface area contributed by atoms with Crippen LogP contribution in [-0.2, 0) is 20.5 Å². The molecule has 2 aromatic carbocycles. The predicted molar refractivity (Wildman–Crippen MR) is 96.5 cm³/mol. The molecule has 27 heavy (non-hydrogen) atoms. The zero-order valence-corrected chi connectivity index (χ0v) is 15.0. The van der Waals surface area contributed by atoms with E-state index in [1.165, 1.54) is 12.1 Å². The Morgan fingerprint density at radius 2 is 1.70 bits per heavy atom. The highest BCUT2D eigenvalue weighted by Gasteiger charge is 2.34. The van der Waals surface area contributed by atoms with Gasteiger partial charge < -0.3 is 10.1 Å². The highest BCUT2D eigenvalue weighted by Crippen LogP contribution is 2.38. The first-order valence-corrected chi connectivity index (χ1v) is 8.19. The number of alkyl halides is 3. The minimum absolute atomic E-state index is 0.289. The van der Waals surface area contributed by atoms with Gasteiger partial charge in [-0.1, -0.05) is 47.5 Å². The summed E-state index contributed by atoms with van der Waals surface area (Å²) in [6.07, 6.45) is -2.27. The first-order valence-electron chi connectivity index (χ1n) is 7.43. The minimum atomic E-state index is -4.71. The summed E-state index contributed by atoms with van der Waals surface area (Å²) in [6.45, 7) is -0.784. The number of benzene rings is 2. The van der Waals surface area contributed by atoms with Gasteiger partial charge in [-0.05, 0) is 29.8 Å². The molecule has 0 spiro atoms. The molecule has 0 aliphatic heterocycles. The van der Waals surface area contributed by atoms with Gasteiger partial charge in [-0.2, -0.15) is 13.2 Å². The molecule has 2 rings (SSSR count). The van der Waals surface area contributed by atoms with E-state index in [0.717, 1.165) is 18.2 Å². The number of hydrogen-bond donors (Lipinski definition) is 1. The standard InChI is InChI=1S/C18H12Cl2F3NO3/c19-13-6-2-1-4-11(13)8-9-16(26)27-10-15(25)24-17-12(18(21,22)23)5-3-7-14(17)20/h1-9H,10H2,(H,24,25). The monoisotopic (exact) mass is 417 g/mol. The van der Waals surface area contributed by atoms with Gasteiger partial charge in [-0.3, -0.25) is 4.79 Å². The van der Waals surface area contributed by atoms with Crippen molar-refractivity contribution in [2.45, 2.75) is 6.18 Å². The summed E-state index contributed by atoms with van der Waals surface area (Å²) in [6, 6.07) is 9.81. The fourth-order valence-electron chi connectivity index (χ4n) is 2.02. The summed E-state index contributed by atoms with van der Waals surface area (Å²) in [5, 5.41) is 2.14. The van der Waals surface area contributed by atoms with Crippen LogP contribution in [0.1, 0.15) is 11.1 Å². The number of halogens is 5. The van der Waals surface area contributed by atoms with E-state index in [4.69, 9.17) is 27.9 Å². The van der Waals surface area contributed by atoms with E-state index < -0.39 is 35.9 Å². The van der Waals surface area contributed by atoms with Crippen LogP contribution in [0.3, 0.4) is 0 Å². The lowest BCUT2D eigenvalue weighted by atomic mass is 10.1. The van der Waals surface area contributed by atoms with E-state index in [0.29, 0.717) is 10.6 Å². The Hall–Kier alpha value is -2.51. The fourth-order valence-corrected chi connectivity index (χ4v) is 2.44. The van der Waals surface area contributed by atoms with Crippen molar-refractivity contribution < 1.29 is 27.5 Å². The maximum absolute atomic E-state index is 13.0. The van der Waals surface area contributed by atoms with Crippen molar-refractivity contribution in [3.05, 3.63) is 69.7 Å². The van der Waals surface area contributed by atoms with Crippen LogP contribution in [0.25, 0.3) is 6.08 Å². The Bertz CT molecular complexity index is 882. The number of esters is 1. The third-order valence-electron chi connectivity index (χ3n) is 3.23. The van der Waals surface area contributed by atoms with Crippen LogP contribution in [0.4, 0.5) is 18.9 Å². The van der Waals surface area contributed by atoms with Crippen molar-refractivity contribution in [1.82, 2.24) is 0 Å². The second-order valence-electron chi connectivity index (χ2n) is 5.17. The molecule has 4 nitrogen and oxygen atoms in total. The Morgan fingerprint density at radius 1 is 1.04 bits per heavy atom. The van der Waals surface area contributed by atoms with E-state index in [1.54, 1.807) is 24.3 Å². The van der Waals surface area contributed by atoms with E-state index in [9.17, 15) is 22.8 Å². The average Bonchev–Trinajstić information content (AvgIpc) is 2.60. The first-order chi connectivity index (χ1) is 12.7. The molecule has 0 saturated carbocycles. The lowest BCUT2D eigenvalue weighted by Crippen LogP contribution is -2.22. The molecule has 0 aliphatic carbocycles. The number of carbonyl (C=O) groups is 2. The zero-order valence-electron chi connectivity index (χ0n) is 13.5. The highest BCUT2D eigenvalue weighted by molar-refractivity contribution is 6.34. The van der Waals surface area contributed by atoms with Gasteiger partial charge in [-0.25, -0.2) is 4.79 Å². The Morgan fingerprint density at radius 3 is 2.37 bits per heavy atom. The van der Waals surface area contributed by atoms with Crippen LogP contribution in [0.2, 0.25) is 10.0 Å². The van der Waals surface area contributed by atoms with Crippen molar-refractivity contribution in [3.63, 3.8) is 0 Å². The van der Waals surface area contributed by atoms with Gasteiger partial charge >= 0.3 is 12.1 Å². The third-order valence-corrected chi connectivity index (χ3v) is 3.89. The number of para-hydroxylation sites is 1. The van der Waals surface area contributed by atoms with E-state index >= 15 is 0 Å². The number of anilines is 1. The Balaban J connectivity index is 1.97.